The molecule has 0 aliphatic heterocycles. The van der Waals surface area contributed by atoms with Crippen molar-refractivity contribution in [2.45, 2.75) is 0 Å². The van der Waals surface area contributed by atoms with Crippen molar-refractivity contribution in [3.05, 3.63) is 46.3 Å². The average molecular weight is 308 g/mol. The Morgan fingerprint density at radius 2 is 2.11 bits per heavy atom. The number of hydrogen-bond acceptors (Lipinski definition) is 3. The van der Waals surface area contributed by atoms with Crippen LogP contribution >= 0.6 is 15.9 Å². The van der Waals surface area contributed by atoms with Gasteiger partial charge in [0.25, 0.3) is 0 Å². The second-order valence-electron chi connectivity index (χ2n) is 4.29. The molecule has 5 heteroatoms. The number of nitrogens with two attached hydrogens (primary N) is 1. The van der Waals surface area contributed by atoms with Crippen LogP contribution in [0.3, 0.4) is 0 Å². The summed E-state index contributed by atoms with van der Waals surface area (Å²) in [7, 11) is 3.64. The number of benzene rings is 1. The average Bonchev–Trinajstić information content (AvgIpc) is 2.69. The number of aromatic amines is 1. The molecule has 0 spiro atoms. The van der Waals surface area contributed by atoms with Gasteiger partial charge in [-0.15, -0.1) is 0 Å². The standard InChI is InChI=1S/C13H14BrN3O/c1-17(2)7-10(15)13(18)12-5-8-3-4-9(14)6-11(8)16-12/h3-7,16H,15H2,1-2H3/b10-7-. The molecule has 2 rings (SSSR count). The maximum atomic E-state index is 12.1. The second kappa shape index (κ2) is 4.86. The number of carbonyl (C=O) groups excluding carboxylic acids is 1. The summed E-state index contributed by atoms with van der Waals surface area (Å²) < 4.78 is 0.965. The number of fused-ring (bicyclic) bond motifs is 1. The highest BCUT2D eigenvalue weighted by atomic mass is 79.9. The number of rotatable bonds is 3. The number of halogens is 1. The lowest BCUT2D eigenvalue weighted by atomic mass is 10.2. The highest BCUT2D eigenvalue weighted by Gasteiger charge is 2.12. The van der Waals surface area contributed by atoms with E-state index in [2.05, 4.69) is 20.9 Å². The third kappa shape index (κ3) is 2.56. The van der Waals surface area contributed by atoms with Gasteiger partial charge in [-0.3, -0.25) is 4.79 Å². The highest BCUT2D eigenvalue weighted by molar-refractivity contribution is 9.10. The molecular weight excluding hydrogens is 294 g/mol. The second-order valence-corrected chi connectivity index (χ2v) is 5.21. The largest absolute Gasteiger partial charge is 0.394 e. The van der Waals surface area contributed by atoms with Crippen LogP contribution in [-0.4, -0.2) is 29.8 Å². The summed E-state index contributed by atoms with van der Waals surface area (Å²) in [5.74, 6) is -0.198. The van der Waals surface area contributed by atoms with Crippen LogP contribution in [0.1, 0.15) is 10.5 Å². The minimum atomic E-state index is -0.198. The lowest BCUT2D eigenvalue weighted by molar-refractivity contribution is 0.102. The van der Waals surface area contributed by atoms with Crippen molar-refractivity contribution in [3.8, 4) is 0 Å². The molecule has 0 radical (unpaired) electrons. The quantitative estimate of drug-likeness (QED) is 0.676. The lowest BCUT2D eigenvalue weighted by Crippen LogP contribution is -2.16. The van der Waals surface area contributed by atoms with Gasteiger partial charge in [0.05, 0.1) is 11.4 Å². The zero-order valence-corrected chi connectivity index (χ0v) is 11.8. The minimum absolute atomic E-state index is 0.198. The van der Waals surface area contributed by atoms with Crippen LogP contribution in [0.4, 0.5) is 0 Å². The number of hydrogen-bond donors (Lipinski definition) is 2. The molecule has 1 aromatic heterocycles. The number of carbonyl (C=O) groups is 1. The van der Waals surface area contributed by atoms with Crippen LogP contribution in [0.2, 0.25) is 0 Å². The van der Waals surface area contributed by atoms with Crippen molar-refractivity contribution < 1.29 is 4.79 Å². The number of nitrogens with zero attached hydrogens (tertiary/aromatic N) is 1. The Balaban J connectivity index is 2.40. The zero-order chi connectivity index (χ0) is 13.3. The van der Waals surface area contributed by atoms with E-state index in [1.165, 1.54) is 0 Å². The van der Waals surface area contributed by atoms with E-state index in [4.69, 9.17) is 5.73 Å². The molecule has 0 amide bonds. The Kier molecular flexibility index (Phi) is 3.43. The van der Waals surface area contributed by atoms with Gasteiger partial charge in [0, 0.05) is 35.7 Å². The molecule has 4 nitrogen and oxygen atoms in total. The summed E-state index contributed by atoms with van der Waals surface area (Å²) in [5, 5.41) is 0.985. The summed E-state index contributed by atoms with van der Waals surface area (Å²) in [4.78, 5) is 16.9. The summed E-state index contributed by atoms with van der Waals surface area (Å²) in [6, 6.07) is 7.61. The Morgan fingerprint density at radius 3 is 2.78 bits per heavy atom. The first-order valence-corrected chi connectivity index (χ1v) is 6.23. The van der Waals surface area contributed by atoms with Crippen molar-refractivity contribution >= 4 is 32.6 Å². The topological polar surface area (TPSA) is 62.1 Å². The van der Waals surface area contributed by atoms with Gasteiger partial charge >= 0.3 is 0 Å². The molecular formula is C13H14BrN3O. The van der Waals surface area contributed by atoms with Crippen molar-refractivity contribution in [3.63, 3.8) is 0 Å². The number of nitrogens with one attached hydrogen (secondary N) is 1. The number of H-pyrrole nitrogens is 1. The van der Waals surface area contributed by atoms with Gasteiger partial charge in [-0.2, -0.15) is 0 Å². The van der Waals surface area contributed by atoms with Crippen molar-refractivity contribution in [2.24, 2.45) is 5.73 Å². The van der Waals surface area contributed by atoms with Crippen LogP contribution in [0, 0.1) is 0 Å². The van der Waals surface area contributed by atoms with Gasteiger partial charge in [0.2, 0.25) is 5.78 Å². The molecule has 0 unspecified atom stereocenters. The Labute approximate surface area is 114 Å². The van der Waals surface area contributed by atoms with E-state index in [9.17, 15) is 4.79 Å². The van der Waals surface area contributed by atoms with E-state index in [0.717, 1.165) is 15.4 Å². The van der Waals surface area contributed by atoms with Gasteiger partial charge < -0.3 is 15.6 Å². The first-order valence-electron chi connectivity index (χ1n) is 5.44. The lowest BCUT2D eigenvalue weighted by Gasteiger charge is -2.06. The van der Waals surface area contributed by atoms with Gasteiger partial charge in [-0.1, -0.05) is 22.0 Å². The van der Waals surface area contributed by atoms with E-state index in [1.807, 2.05) is 32.3 Å². The number of aromatic nitrogens is 1. The van der Waals surface area contributed by atoms with E-state index in [-0.39, 0.29) is 11.5 Å². The van der Waals surface area contributed by atoms with E-state index < -0.39 is 0 Å². The predicted octanol–water partition coefficient (Wildman–Crippen LogP) is 2.47. The Hall–Kier alpha value is -1.75. The monoisotopic (exact) mass is 307 g/mol. The van der Waals surface area contributed by atoms with Crippen molar-refractivity contribution in [1.82, 2.24) is 9.88 Å². The van der Waals surface area contributed by atoms with E-state index in [0.29, 0.717) is 5.69 Å². The van der Waals surface area contributed by atoms with Crippen LogP contribution in [-0.2, 0) is 0 Å². The molecule has 0 aliphatic rings. The SMILES string of the molecule is CN(C)/C=C(\N)C(=O)c1cc2ccc(Br)cc2[nH]1. The zero-order valence-electron chi connectivity index (χ0n) is 10.2. The number of Topliss-reactive ketones (excluding diaryl/α,β-unsaturated/α-hetero) is 1. The summed E-state index contributed by atoms with van der Waals surface area (Å²) in [6.45, 7) is 0. The van der Waals surface area contributed by atoms with Gasteiger partial charge in [-0.05, 0) is 18.2 Å². The molecule has 94 valence electrons. The summed E-state index contributed by atoms with van der Waals surface area (Å²) in [6.07, 6.45) is 1.60. The maximum absolute atomic E-state index is 12.1. The molecule has 1 heterocycles. The smallest absolute Gasteiger partial charge is 0.226 e. The molecule has 0 fully saturated rings. The third-order valence-electron chi connectivity index (χ3n) is 2.49. The number of ketones is 1. The van der Waals surface area contributed by atoms with Crippen LogP contribution in [0.15, 0.2) is 40.6 Å². The predicted molar refractivity (Wildman–Crippen MR) is 76.3 cm³/mol. The van der Waals surface area contributed by atoms with E-state index >= 15 is 0 Å². The highest BCUT2D eigenvalue weighted by Crippen LogP contribution is 2.21. The fourth-order valence-corrected chi connectivity index (χ4v) is 2.07. The molecule has 0 saturated carbocycles. The fraction of sp³-hybridized carbons (Fsp3) is 0.154. The Bertz CT molecular complexity index is 628. The molecule has 3 N–H and O–H groups in total. The van der Waals surface area contributed by atoms with Gasteiger partial charge in [0.15, 0.2) is 0 Å². The van der Waals surface area contributed by atoms with E-state index in [1.54, 1.807) is 17.2 Å². The third-order valence-corrected chi connectivity index (χ3v) is 2.98. The summed E-state index contributed by atoms with van der Waals surface area (Å²) >= 11 is 3.39. The molecule has 0 aliphatic carbocycles. The molecule has 18 heavy (non-hydrogen) atoms. The number of allylic oxidation sites excluding steroid dienone is 1. The fourth-order valence-electron chi connectivity index (χ4n) is 1.71. The Morgan fingerprint density at radius 1 is 1.39 bits per heavy atom. The first-order chi connectivity index (χ1) is 8.47. The van der Waals surface area contributed by atoms with Crippen LogP contribution < -0.4 is 5.73 Å². The van der Waals surface area contributed by atoms with Gasteiger partial charge in [0.1, 0.15) is 0 Å². The van der Waals surface area contributed by atoms with Crippen molar-refractivity contribution in [2.75, 3.05) is 14.1 Å². The molecule has 1 aromatic carbocycles. The maximum Gasteiger partial charge on any atom is 0.226 e. The molecule has 0 bridgehead atoms. The van der Waals surface area contributed by atoms with Crippen molar-refractivity contribution in [1.29, 1.82) is 0 Å². The molecule has 2 aromatic rings. The first kappa shape index (κ1) is 12.7. The molecule has 0 atom stereocenters. The van der Waals surface area contributed by atoms with Crippen LogP contribution in [0.25, 0.3) is 10.9 Å². The normalized spacial score (nSPS) is 11.8. The molecule has 0 saturated heterocycles. The summed E-state index contributed by atoms with van der Waals surface area (Å²) in [5.41, 5.74) is 7.36. The van der Waals surface area contributed by atoms with Crippen LogP contribution in [0.5, 0.6) is 0 Å². The van der Waals surface area contributed by atoms with Gasteiger partial charge in [-0.25, -0.2) is 0 Å². The minimum Gasteiger partial charge on any atom is -0.394 e.